The number of ether oxygens (including phenoxy) is 1. The molecule has 2 N–H and O–H groups in total. The zero-order valence-corrected chi connectivity index (χ0v) is 10.1. The molecular weight excluding hydrogens is 244 g/mol. The first kappa shape index (κ1) is 11.9. The Labute approximate surface area is 104 Å². The highest BCUT2D eigenvalue weighted by Crippen LogP contribution is 2.30. The first-order chi connectivity index (χ1) is 8.13. The highest BCUT2D eigenvalue weighted by Gasteiger charge is 2.30. The Bertz CT molecular complexity index is 440. The van der Waals surface area contributed by atoms with Crippen molar-refractivity contribution in [3.05, 3.63) is 11.5 Å². The average Bonchev–Trinajstić information content (AvgIpc) is 2.81. The molecule has 2 rings (SSSR count). The number of rotatable bonds is 2. The van der Waals surface area contributed by atoms with Gasteiger partial charge in [-0.25, -0.2) is 9.97 Å². The standard InChI is InChI=1S/C10H13ClN4O2/c1-17-10(16)6-2-3-15(4-6)9-7(12)8(11)13-5-14-9/h5-6H,2-4,12H2,1H3. The number of nitrogens with two attached hydrogens (primary N) is 1. The number of nitrogens with zero attached hydrogens (tertiary/aromatic N) is 3. The molecule has 0 radical (unpaired) electrons. The number of methoxy groups -OCH3 is 1. The van der Waals surface area contributed by atoms with Gasteiger partial charge in [-0.3, -0.25) is 4.79 Å². The molecule has 0 saturated carbocycles. The van der Waals surface area contributed by atoms with E-state index in [2.05, 4.69) is 9.97 Å². The number of aromatic nitrogens is 2. The van der Waals surface area contributed by atoms with Crippen LogP contribution in [-0.4, -0.2) is 36.1 Å². The Morgan fingerprint density at radius 3 is 3.12 bits per heavy atom. The highest BCUT2D eigenvalue weighted by atomic mass is 35.5. The number of halogens is 1. The van der Waals surface area contributed by atoms with E-state index in [1.807, 2.05) is 4.90 Å². The fraction of sp³-hybridized carbons (Fsp3) is 0.500. The molecule has 17 heavy (non-hydrogen) atoms. The molecule has 0 amide bonds. The van der Waals surface area contributed by atoms with Gasteiger partial charge < -0.3 is 15.4 Å². The molecule has 1 saturated heterocycles. The quantitative estimate of drug-likeness (QED) is 0.620. The minimum atomic E-state index is -0.203. The van der Waals surface area contributed by atoms with E-state index < -0.39 is 0 Å². The van der Waals surface area contributed by atoms with Gasteiger partial charge in [0.05, 0.1) is 13.0 Å². The van der Waals surface area contributed by atoms with Gasteiger partial charge in [0.25, 0.3) is 0 Å². The Morgan fingerprint density at radius 2 is 2.41 bits per heavy atom. The van der Waals surface area contributed by atoms with Gasteiger partial charge in [-0.05, 0) is 6.42 Å². The van der Waals surface area contributed by atoms with Crippen LogP contribution in [0, 0.1) is 5.92 Å². The molecule has 0 aromatic carbocycles. The Kier molecular flexibility index (Phi) is 3.33. The van der Waals surface area contributed by atoms with Crippen molar-refractivity contribution in [1.82, 2.24) is 9.97 Å². The third-order valence-corrected chi connectivity index (χ3v) is 3.14. The van der Waals surface area contributed by atoms with Crippen LogP contribution in [0.2, 0.25) is 5.15 Å². The average molecular weight is 257 g/mol. The van der Waals surface area contributed by atoms with E-state index in [9.17, 15) is 4.79 Å². The lowest BCUT2D eigenvalue weighted by Crippen LogP contribution is -2.25. The first-order valence-corrected chi connectivity index (χ1v) is 5.60. The van der Waals surface area contributed by atoms with Crippen molar-refractivity contribution in [3.8, 4) is 0 Å². The number of esters is 1. The van der Waals surface area contributed by atoms with Crippen LogP contribution < -0.4 is 10.6 Å². The van der Waals surface area contributed by atoms with Gasteiger partial charge in [0.15, 0.2) is 11.0 Å². The smallest absolute Gasteiger partial charge is 0.310 e. The summed E-state index contributed by atoms with van der Waals surface area (Å²) in [6.45, 7) is 1.25. The molecule has 7 heteroatoms. The molecule has 1 aromatic rings. The number of anilines is 2. The van der Waals surface area contributed by atoms with Gasteiger partial charge in [-0.2, -0.15) is 0 Å². The number of hydrogen-bond acceptors (Lipinski definition) is 6. The van der Waals surface area contributed by atoms with E-state index in [0.717, 1.165) is 6.42 Å². The molecule has 0 bridgehead atoms. The van der Waals surface area contributed by atoms with Gasteiger partial charge in [0.2, 0.25) is 0 Å². The number of nitrogen functional groups attached to an aromatic ring is 1. The van der Waals surface area contributed by atoms with Gasteiger partial charge in [0.1, 0.15) is 12.0 Å². The zero-order valence-electron chi connectivity index (χ0n) is 9.39. The second-order valence-corrected chi connectivity index (χ2v) is 4.21. The molecule has 2 heterocycles. The minimum absolute atomic E-state index is 0.131. The minimum Gasteiger partial charge on any atom is -0.469 e. The second-order valence-electron chi connectivity index (χ2n) is 3.86. The monoisotopic (exact) mass is 256 g/mol. The van der Waals surface area contributed by atoms with Crippen LogP contribution in [-0.2, 0) is 9.53 Å². The lowest BCUT2D eigenvalue weighted by atomic mass is 10.1. The fourth-order valence-electron chi connectivity index (χ4n) is 1.93. The summed E-state index contributed by atoms with van der Waals surface area (Å²) >= 11 is 5.82. The van der Waals surface area contributed by atoms with Gasteiger partial charge in [0, 0.05) is 13.1 Å². The number of hydrogen-bond donors (Lipinski definition) is 1. The normalized spacial score (nSPS) is 19.4. The first-order valence-electron chi connectivity index (χ1n) is 5.22. The summed E-state index contributed by atoms with van der Waals surface area (Å²) in [5, 5.41) is 0.233. The lowest BCUT2D eigenvalue weighted by Gasteiger charge is -2.18. The van der Waals surface area contributed by atoms with Gasteiger partial charge in [-0.15, -0.1) is 0 Å². The maximum absolute atomic E-state index is 11.4. The van der Waals surface area contributed by atoms with Crippen LogP contribution in [0.15, 0.2) is 6.33 Å². The molecule has 6 nitrogen and oxygen atoms in total. The van der Waals surface area contributed by atoms with Crippen LogP contribution in [0.5, 0.6) is 0 Å². The van der Waals surface area contributed by atoms with Crippen LogP contribution in [0.3, 0.4) is 0 Å². The largest absolute Gasteiger partial charge is 0.469 e. The third-order valence-electron chi connectivity index (χ3n) is 2.84. The fourth-order valence-corrected chi connectivity index (χ4v) is 2.06. The zero-order chi connectivity index (χ0) is 12.4. The summed E-state index contributed by atoms with van der Waals surface area (Å²) in [7, 11) is 1.39. The predicted octanol–water partition coefficient (Wildman–Crippen LogP) is 0.711. The molecule has 1 aliphatic rings. The van der Waals surface area contributed by atoms with Crippen molar-refractivity contribution in [2.75, 3.05) is 30.8 Å². The maximum atomic E-state index is 11.4. The molecular formula is C10H13ClN4O2. The van der Waals surface area contributed by atoms with Crippen LogP contribution in [0.25, 0.3) is 0 Å². The van der Waals surface area contributed by atoms with E-state index in [1.54, 1.807) is 0 Å². The molecule has 92 valence electrons. The van der Waals surface area contributed by atoms with E-state index in [0.29, 0.717) is 24.6 Å². The van der Waals surface area contributed by atoms with Crippen LogP contribution >= 0.6 is 11.6 Å². The molecule has 1 atom stereocenters. The Morgan fingerprint density at radius 1 is 1.65 bits per heavy atom. The lowest BCUT2D eigenvalue weighted by molar-refractivity contribution is -0.144. The summed E-state index contributed by atoms with van der Waals surface area (Å²) in [5.41, 5.74) is 6.15. The third kappa shape index (κ3) is 2.26. The van der Waals surface area contributed by atoms with Crippen molar-refractivity contribution in [2.24, 2.45) is 5.92 Å². The van der Waals surface area contributed by atoms with E-state index in [1.165, 1.54) is 13.4 Å². The van der Waals surface area contributed by atoms with Crippen molar-refractivity contribution in [3.63, 3.8) is 0 Å². The highest BCUT2D eigenvalue weighted by molar-refractivity contribution is 6.32. The summed E-state index contributed by atoms with van der Waals surface area (Å²) in [6.07, 6.45) is 2.09. The van der Waals surface area contributed by atoms with Gasteiger partial charge in [-0.1, -0.05) is 11.6 Å². The molecule has 1 fully saturated rings. The SMILES string of the molecule is COC(=O)C1CCN(c2ncnc(Cl)c2N)C1. The predicted molar refractivity (Wildman–Crippen MR) is 63.8 cm³/mol. The Balaban J connectivity index is 2.15. The molecule has 1 aromatic heterocycles. The number of carbonyl (C=O) groups excluding carboxylic acids is 1. The topological polar surface area (TPSA) is 81.3 Å². The molecule has 0 spiro atoms. The van der Waals surface area contributed by atoms with E-state index in [4.69, 9.17) is 22.1 Å². The van der Waals surface area contributed by atoms with Crippen LogP contribution in [0.1, 0.15) is 6.42 Å². The molecule has 0 aliphatic carbocycles. The van der Waals surface area contributed by atoms with E-state index >= 15 is 0 Å². The Hall–Kier alpha value is -1.56. The summed E-state index contributed by atoms with van der Waals surface area (Å²) in [5.74, 6) is 0.246. The van der Waals surface area contributed by atoms with E-state index in [-0.39, 0.29) is 17.0 Å². The van der Waals surface area contributed by atoms with Gasteiger partial charge >= 0.3 is 5.97 Å². The van der Waals surface area contributed by atoms with Crippen LogP contribution in [0.4, 0.5) is 11.5 Å². The summed E-state index contributed by atoms with van der Waals surface area (Å²) in [6, 6.07) is 0. The number of carbonyl (C=O) groups is 1. The maximum Gasteiger partial charge on any atom is 0.310 e. The molecule has 1 unspecified atom stereocenters. The van der Waals surface area contributed by atoms with Crippen molar-refractivity contribution >= 4 is 29.1 Å². The molecule has 1 aliphatic heterocycles. The van der Waals surface area contributed by atoms with Crippen molar-refractivity contribution < 1.29 is 9.53 Å². The summed E-state index contributed by atoms with van der Waals surface area (Å²) in [4.78, 5) is 21.2. The second kappa shape index (κ2) is 4.75. The summed E-state index contributed by atoms with van der Waals surface area (Å²) < 4.78 is 4.72. The van der Waals surface area contributed by atoms with Crippen molar-refractivity contribution in [1.29, 1.82) is 0 Å². The van der Waals surface area contributed by atoms with Crippen molar-refractivity contribution in [2.45, 2.75) is 6.42 Å².